The second-order valence-corrected chi connectivity index (χ2v) is 10.2. The van der Waals surface area contributed by atoms with Crippen molar-refractivity contribution in [1.82, 2.24) is 0 Å². The molecule has 38 heavy (non-hydrogen) atoms. The molecular weight excluding hydrogens is 488 g/mol. The van der Waals surface area contributed by atoms with E-state index in [1.807, 2.05) is 24.3 Å². The summed E-state index contributed by atoms with van der Waals surface area (Å²) in [7, 11) is 0. The molecule has 3 rings (SSSR count). The zero-order chi connectivity index (χ0) is 27.8. The first kappa shape index (κ1) is 29.8. The molecule has 0 spiro atoms. The minimum atomic E-state index is -1.44. The maximum Gasteiger partial charge on any atom is 0.163 e. The van der Waals surface area contributed by atoms with E-state index in [0.29, 0.717) is 34.7 Å². The van der Waals surface area contributed by atoms with Crippen molar-refractivity contribution in [3.8, 4) is 0 Å². The van der Waals surface area contributed by atoms with Crippen LogP contribution in [0.25, 0.3) is 21.5 Å². The van der Waals surface area contributed by atoms with Crippen LogP contribution in [0.4, 0.5) is 0 Å². The van der Waals surface area contributed by atoms with E-state index in [1.165, 1.54) is 0 Å². The lowest BCUT2D eigenvalue weighted by Crippen LogP contribution is -2.34. The molecule has 0 radical (unpaired) electrons. The summed E-state index contributed by atoms with van der Waals surface area (Å²) >= 11 is 0. The van der Waals surface area contributed by atoms with E-state index in [4.69, 9.17) is 10.2 Å². The van der Waals surface area contributed by atoms with Gasteiger partial charge in [0.05, 0.1) is 24.4 Å². The van der Waals surface area contributed by atoms with Crippen LogP contribution in [-0.4, -0.2) is 79.8 Å². The van der Waals surface area contributed by atoms with Gasteiger partial charge in [-0.25, -0.2) is 0 Å². The molecule has 0 saturated carbocycles. The second kappa shape index (κ2) is 13.4. The van der Waals surface area contributed by atoms with Crippen molar-refractivity contribution in [2.75, 3.05) is 26.4 Å². The summed E-state index contributed by atoms with van der Waals surface area (Å²) in [5.74, 6) is -0.405. The Hall–Kier alpha value is -2.72. The average molecular weight is 527 g/mol. The first-order valence-corrected chi connectivity index (χ1v) is 13.1. The number of fused-ring (bicyclic) bond motifs is 2. The van der Waals surface area contributed by atoms with Gasteiger partial charge in [-0.3, -0.25) is 9.59 Å². The lowest BCUT2D eigenvalue weighted by atomic mass is 9.88. The number of hydrogen-bond acceptors (Lipinski definition) is 8. The fourth-order valence-corrected chi connectivity index (χ4v) is 4.88. The molecule has 0 fully saturated rings. The molecule has 206 valence electrons. The molecule has 3 aromatic carbocycles. The van der Waals surface area contributed by atoms with Gasteiger partial charge in [0.1, 0.15) is 0 Å². The van der Waals surface area contributed by atoms with Gasteiger partial charge in [0.25, 0.3) is 0 Å². The van der Waals surface area contributed by atoms with Gasteiger partial charge in [-0.1, -0.05) is 36.4 Å². The Labute approximate surface area is 222 Å². The summed E-state index contributed by atoms with van der Waals surface area (Å²) in [6, 6.07) is 14.5. The van der Waals surface area contributed by atoms with Crippen molar-refractivity contribution in [1.29, 1.82) is 0 Å². The summed E-state index contributed by atoms with van der Waals surface area (Å²) in [5, 5.41) is 61.4. The number of Topliss-reactive ketones (excluding diaryl/α,β-unsaturated/α-hetero) is 2. The minimum Gasteiger partial charge on any atom is -0.396 e. The molecule has 0 aliphatic rings. The smallest absolute Gasteiger partial charge is 0.163 e. The standard InChI is InChI=1S/C30H38O8/c31-15-3-11-29(37,19-33)13-9-27(35)23-7-1-5-21-17-22-6-2-8-24(26(22)18-25(21)23)28(36)10-14-30(38,20-34)12-4-16-32/h1-2,5-8,17-18,31-34,37-38H,3-4,9-16,19-20H2. The van der Waals surface area contributed by atoms with Gasteiger partial charge in [-0.15, -0.1) is 0 Å². The summed E-state index contributed by atoms with van der Waals surface area (Å²) in [5.41, 5.74) is -1.98. The number of carbonyl (C=O) groups is 2. The Bertz CT molecular complexity index is 1160. The summed E-state index contributed by atoms with van der Waals surface area (Å²) in [6.45, 7) is -1.24. The van der Waals surface area contributed by atoms with Crippen LogP contribution in [0, 0.1) is 0 Å². The van der Waals surface area contributed by atoms with Crippen LogP contribution in [0.2, 0.25) is 0 Å². The number of rotatable bonds is 16. The molecule has 8 heteroatoms. The zero-order valence-corrected chi connectivity index (χ0v) is 21.6. The van der Waals surface area contributed by atoms with Gasteiger partial charge in [0.2, 0.25) is 0 Å². The summed E-state index contributed by atoms with van der Waals surface area (Å²) < 4.78 is 0. The molecule has 0 aromatic heterocycles. The molecule has 8 nitrogen and oxygen atoms in total. The molecule has 0 amide bonds. The first-order chi connectivity index (χ1) is 18.2. The van der Waals surface area contributed by atoms with Crippen molar-refractivity contribution in [3.05, 3.63) is 59.7 Å². The number of benzene rings is 3. The van der Waals surface area contributed by atoms with E-state index < -0.39 is 24.4 Å². The minimum absolute atomic E-state index is 0.00774. The van der Waals surface area contributed by atoms with Crippen LogP contribution in [-0.2, 0) is 0 Å². The maximum absolute atomic E-state index is 13.2. The van der Waals surface area contributed by atoms with Gasteiger partial charge >= 0.3 is 0 Å². The topological polar surface area (TPSA) is 156 Å². The molecule has 2 unspecified atom stereocenters. The molecule has 0 aliphatic heterocycles. The number of carbonyl (C=O) groups excluding carboxylic acids is 2. The number of aliphatic hydroxyl groups excluding tert-OH is 4. The lowest BCUT2D eigenvalue weighted by Gasteiger charge is -2.25. The Kier molecular flexibility index (Phi) is 10.5. The van der Waals surface area contributed by atoms with Crippen molar-refractivity contribution in [2.45, 2.75) is 62.6 Å². The largest absolute Gasteiger partial charge is 0.396 e. The van der Waals surface area contributed by atoms with E-state index in [-0.39, 0.29) is 63.3 Å². The lowest BCUT2D eigenvalue weighted by molar-refractivity contribution is -0.0319. The molecule has 0 heterocycles. The quantitative estimate of drug-likeness (QED) is 0.123. The molecule has 3 aromatic rings. The Morgan fingerprint density at radius 2 is 1.03 bits per heavy atom. The highest BCUT2D eigenvalue weighted by Crippen LogP contribution is 2.31. The van der Waals surface area contributed by atoms with E-state index in [2.05, 4.69) is 0 Å². The first-order valence-electron chi connectivity index (χ1n) is 13.1. The fraction of sp³-hybridized carbons (Fsp3) is 0.467. The maximum atomic E-state index is 13.2. The molecule has 2 atom stereocenters. The highest BCUT2D eigenvalue weighted by Gasteiger charge is 2.28. The Morgan fingerprint density at radius 1 is 0.605 bits per heavy atom. The van der Waals surface area contributed by atoms with E-state index in [0.717, 1.165) is 10.8 Å². The molecule has 0 bridgehead atoms. The number of ketones is 2. The Morgan fingerprint density at radius 3 is 1.39 bits per heavy atom. The Balaban J connectivity index is 1.90. The molecule has 6 N–H and O–H groups in total. The van der Waals surface area contributed by atoms with Gasteiger partial charge in [-0.05, 0) is 72.2 Å². The van der Waals surface area contributed by atoms with Crippen LogP contribution in [0.1, 0.15) is 72.1 Å². The van der Waals surface area contributed by atoms with Gasteiger partial charge in [-0.2, -0.15) is 0 Å². The molecule has 0 saturated heterocycles. The monoisotopic (exact) mass is 526 g/mol. The summed E-state index contributed by atoms with van der Waals surface area (Å²) in [6.07, 6.45) is 1.13. The van der Waals surface area contributed by atoms with Crippen molar-refractivity contribution in [3.63, 3.8) is 0 Å². The zero-order valence-electron chi connectivity index (χ0n) is 21.6. The summed E-state index contributed by atoms with van der Waals surface area (Å²) in [4.78, 5) is 26.4. The van der Waals surface area contributed by atoms with Crippen LogP contribution in [0.5, 0.6) is 0 Å². The van der Waals surface area contributed by atoms with E-state index >= 15 is 0 Å². The fourth-order valence-electron chi connectivity index (χ4n) is 4.88. The van der Waals surface area contributed by atoms with Gasteiger partial charge in [0.15, 0.2) is 11.6 Å². The SMILES string of the molecule is O=C(CCC(O)(CO)CCCO)c1cccc2cc3cccc(C(=O)CCC(O)(CO)CCCO)c3cc12. The predicted octanol–water partition coefficient (Wildman–Crippen LogP) is 2.91. The van der Waals surface area contributed by atoms with E-state index in [1.54, 1.807) is 24.3 Å². The average Bonchev–Trinajstić information content (AvgIpc) is 2.94. The number of hydrogen-bond donors (Lipinski definition) is 6. The van der Waals surface area contributed by atoms with Crippen LogP contribution in [0.3, 0.4) is 0 Å². The highest BCUT2D eigenvalue weighted by molar-refractivity contribution is 6.15. The second-order valence-electron chi connectivity index (χ2n) is 10.2. The third kappa shape index (κ3) is 7.22. The van der Waals surface area contributed by atoms with Crippen LogP contribution >= 0.6 is 0 Å². The molecular formula is C30H38O8. The highest BCUT2D eigenvalue weighted by atomic mass is 16.3. The van der Waals surface area contributed by atoms with Crippen LogP contribution < -0.4 is 0 Å². The van der Waals surface area contributed by atoms with Crippen molar-refractivity contribution in [2.24, 2.45) is 0 Å². The third-order valence-corrected chi connectivity index (χ3v) is 7.30. The predicted molar refractivity (Wildman–Crippen MR) is 145 cm³/mol. The number of aliphatic hydroxyl groups is 6. The van der Waals surface area contributed by atoms with Gasteiger partial charge in [0, 0.05) is 37.2 Å². The van der Waals surface area contributed by atoms with Crippen molar-refractivity contribution < 1.29 is 40.2 Å². The van der Waals surface area contributed by atoms with Crippen LogP contribution in [0.15, 0.2) is 48.5 Å². The normalized spacial score (nSPS) is 14.9. The molecule has 0 aliphatic carbocycles. The third-order valence-electron chi connectivity index (χ3n) is 7.30. The van der Waals surface area contributed by atoms with Crippen molar-refractivity contribution >= 4 is 33.1 Å². The van der Waals surface area contributed by atoms with Gasteiger partial charge < -0.3 is 30.6 Å². The van der Waals surface area contributed by atoms with E-state index in [9.17, 15) is 30.0 Å².